The SMILES string of the molecule is O=C(NCc1ccc(Oc2ccc(F)cc2)cc1)c1ccc(-c2cnco2)cc1. The van der Waals surface area contributed by atoms with Crippen molar-refractivity contribution in [3.05, 3.63) is 102 Å². The van der Waals surface area contributed by atoms with Gasteiger partial charge in [0.1, 0.15) is 17.3 Å². The summed E-state index contributed by atoms with van der Waals surface area (Å²) in [5, 5.41) is 2.89. The normalized spacial score (nSPS) is 10.5. The minimum atomic E-state index is -0.309. The molecule has 6 heteroatoms. The third kappa shape index (κ3) is 4.68. The van der Waals surface area contributed by atoms with Crippen molar-refractivity contribution in [3.8, 4) is 22.8 Å². The van der Waals surface area contributed by atoms with Gasteiger partial charge in [-0.25, -0.2) is 9.37 Å². The highest BCUT2D eigenvalue weighted by Crippen LogP contribution is 2.22. The smallest absolute Gasteiger partial charge is 0.251 e. The van der Waals surface area contributed by atoms with Crippen molar-refractivity contribution in [2.45, 2.75) is 6.54 Å². The van der Waals surface area contributed by atoms with E-state index in [9.17, 15) is 9.18 Å². The lowest BCUT2D eigenvalue weighted by molar-refractivity contribution is 0.0951. The van der Waals surface area contributed by atoms with Crippen LogP contribution < -0.4 is 10.1 Å². The number of carbonyl (C=O) groups excluding carboxylic acids is 1. The summed E-state index contributed by atoms with van der Waals surface area (Å²) in [6.07, 6.45) is 2.99. The first-order chi connectivity index (χ1) is 14.2. The average Bonchev–Trinajstić information content (AvgIpc) is 3.30. The molecule has 0 saturated heterocycles. The number of oxazole rings is 1. The van der Waals surface area contributed by atoms with Gasteiger partial charge < -0.3 is 14.5 Å². The van der Waals surface area contributed by atoms with Crippen LogP contribution in [-0.2, 0) is 6.54 Å². The largest absolute Gasteiger partial charge is 0.457 e. The van der Waals surface area contributed by atoms with Crippen LogP contribution in [0, 0.1) is 5.82 Å². The Labute approximate surface area is 166 Å². The van der Waals surface area contributed by atoms with Crippen LogP contribution in [0.1, 0.15) is 15.9 Å². The van der Waals surface area contributed by atoms with Gasteiger partial charge >= 0.3 is 0 Å². The molecular weight excluding hydrogens is 371 g/mol. The van der Waals surface area contributed by atoms with Crippen LogP contribution in [0.4, 0.5) is 4.39 Å². The molecule has 144 valence electrons. The number of hydrogen-bond acceptors (Lipinski definition) is 4. The van der Waals surface area contributed by atoms with Gasteiger partial charge in [-0.1, -0.05) is 24.3 Å². The summed E-state index contributed by atoms with van der Waals surface area (Å²) in [6, 6.07) is 20.3. The Morgan fingerprint density at radius 1 is 0.931 bits per heavy atom. The zero-order valence-corrected chi connectivity index (χ0v) is 15.3. The van der Waals surface area contributed by atoms with Gasteiger partial charge in [0.2, 0.25) is 0 Å². The number of nitrogens with zero attached hydrogens (tertiary/aromatic N) is 1. The minimum Gasteiger partial charge on any atom is -0.457 e. The Bertz CT molecular complexity index is 1070. The number of nitrogens with one attached hydrogen (secondary N) is 1. The van der Waals surface area contributed by atoms with Gasteiger partial charge in [-0.05, 0) is 54.1 Å². The summed E-state index contributed by atoms with van der Waals surface area (Å²) >= 11 is 0. The number of hydrogen-bond donors (Lipinski definition) is 1. The standard InChI is InChI=1S/C23H17FN2O3/c24-19-7-11-21(12-8-19)29-20-9-1-16(2-10-20)13-26-23(27)18-5-3-17(4-6-18)22-14-25-15-28-22/h1-12,14-15H,13H2,(H,26,27). The van der Waals surface area contributed by atoms with E-state index in [4.69, 9.17) is 9.15 Å². The second-order valence-electron chi connectivity index (χ2n) is 6.33. The van der Waals surface area contributed by atoms with E-state index in [1.807, 2.05) is 24.3 Å². The third-order valence-electron chi connectivity index (χ3n) is 4.29. The summed E-state index contributed by atoms with van der Waals surface area (Å²) in [5.74, 6) is 1.37. The molecule has 1 N–H and O–H groups in total. The van der Waals surface area contributed by atoms with Crippen molar-refractivity contribution in [2.75, 3.05) is 0 Å². The molecule has 4 aromatic rings. The number of rotatable bonds is 6. The molecule has 0 aliphatic heterocycles. The Balaban J connectivity index is 1.32. The van der Waals surface area contributed by atoms with Gasteiger partial charge in [-0.2, -0.15) is 0 Å². The molecule has 0 saturated carbocycles. The number of benzene rings is 3. The molecule has 0 aliphatic rings. The highest BCUT2D eigenvalue weighted by Gasteiger charge is 2.07. The van der Waals surface area contributed by atoms with Crippen LogP contribution in [0.3, 0.4) is 0 Å². The molecule has 0 bridgehead atoms. The molecular formula is C23H17FN2O3. The van der Waals surface area contributed by atoms with Crippen molar-refractivity contribution in [1.82, 2.24) is 10.3 Å². The number of ether oxygens (including phenoxy) is 1. The lowest BCUT2D eigenvalue weighted by Crippen LogP contribution is -2.22. The van der Waals surface area contributed by atoms with Gasteiger partial charge in [0.25, 0.3) is 5.91 Å². The van der Waals surface area contributed by atoms with E-state index in [0.717, 1.165) is 11.1 Å². The highest BCUT2D eigenvalue weighted by molar-refractivity contribution is 5.94. The van der Waals surface area contributed by atoms with E-state index >= 15 is 0 Å². The highest BCUT2D eigenvalue weighted by atomic mass is 19.1. The number of amides is 1. The predicted octanol–water partition coefficient (Wildman–Crippen LogP) is 5.20. The summed E-state index contributed by atoms with van der Waals surface area (Å²) < 4.78 is 23.8. The van der Waals surface area contributed by atoms with E-state index in [2.05, 4.69) is 10.3 Å². The van der Waals surface area contributed by atoms with Crippen molar-refractivity contribution in [2.24, 2.45) is 0 Å². The lowest BCUT2D eigenvalue weighted by Gasteiger charge is -2.08. The van der Waals surface area contributed by atoms with E-state index in [0.29, 0.717) is 29.4 Å². The lowest BCUT2D eigenvalue weighted by atomic mass is 10.1. The van der Waals surface area contributed by atoms with Crippen LogP contribution in [0.2, 0.25) is 0 Å². The van der Waals surface area contributed by atoms with Crippen LogP contribution in [0.25, 0.3) is 11.3 Å². The Morgan fingerprint density at radius 2 is 1.59 bits per heavy atom. The summed E-state index contributed by atoms with van der Waals surface area (Å²) in [5.41, 5.74) is 2.35. The van der Waals surface area contributed by atoms with Crippen LogP contribution >= 0.6 is 0 Å². The Morgan fingerprint density at radius 3 is 2.21 bits per heavy atom. The first-order valence-corrected chi connectivity index (χ1v) is 8.97. The zero-order valence-electron chi connectivity index (χ0n) is 15.3. The quantitative estimate of drug-likeness (QED) is 0.493. The molecule has 0 atom stereocenters. The fourth-order valence-electron chi connectivity index (χ4n) is 2.74. The topological polar surface area (TPSA) is 64.4 Å². The van der Waals surface area contributed by atoms with E-state index in [1.54, 1.807) is 42.6 Å². The van der Waals surface area contributed by atoms with Gasteiger partial charge in [0, 0.05) is 17.7 Å². The van der Waals surface area contributed by atoms with Gasteiger partial charge in [-0.3, -0.25) is 4.79 Å². The maximum absolute atomic E-state index is 12.9. The second kappa shape index (κ2) is 8.39. The first-order valence-electron chi connectivity index (χ1n) is 8.97. The molecule has 4 rings (SSSR count). The van der Waals surface area contributed by atoms with Crippen LogP contribution in [-0.4, -0.2) is 10.9 Å². The molecule has 5 nitrogen and oxygen atoms in total. The molecule has 1 heterocycles. The van der Waals surface area contributed by atoms with E-state index < -0.39 is 0 Å². The fraction of sp³-hybridized carbons (Fsp3) is 0.0435. The molecule has 1 aromatic heterocycles. The number of aromatic nitrogens is 1. The molecule has 29 heavy (non-hydrogen) atoms. The molecule has 0 aliphatic carbocycles. The van der Waals surface area contributed by atoms with Crippen molar-refractivity contribution >= 4 is 5.91 Å². The van der Waals surface area contributed by atoms with Gasteiger partial charge in [-0.15, -0.1) is 0 Å². The molecule has 0 unspecified atom stereocenters. The van der Waals surface area contributed by atoms with Crippen molar-refractivity contribution in [1.29, 1.82) is 0 Å². The number of carbonyl (C=O) groups is 1. The molecule has 1 amide bonds. The molecule has 0 spiro atoms. The van der Waals surface area contributed by atoms with E-state index in [1.165, 1.54) is 18.5 Å². The fourth-order valence-corrected chi connectivity index (χ4v) is 2.74. The van der Waals surface area contributed by atoms with Crippen LogP contribution in [0.15, 0.2) is 89.8 Å². The Kier molecular flexibility index (Phi) is 5.33. The minimum absolute atomic E-state index is 0.166. The molecule has 0 radical (unpaired) electrons. The average molecular weight is 388 g/mol. The van der Waals surface area contributed by atoms with Crippen molar-refractivity contribution < 1.29 is 18.3 Å². The van der Waals surface area contributed by atoms with Gasteiger partial charge in [0.05, 0.1) is 6.20 Å². The first kappa shape index (κ1) is 18.4. The molecule has 0 fully saturated rings. The van der Waals surface area contributed by atoms with E-state index in [-0.39, 0.29) is 11.7 Å². The Hall–Kier alpha value is -3.93. The third-order valence-corrected chi connectivity index (χ3v) is 4.29. The second-order valence-corrected chi connectivity index (χ2v) is 6.33. The summed E-state index contributed by atoms with van der Waals surface area (Å²) in [4.78, 5) is 16.2. The monoisotopic (exact) mass is 388 g/mol. The zero-order chi connectivity index (χ0) is 20.1. The van der Waals surface area contributed by atoms with Gasteiger partial charge in [0.15, 0.2) is 12.2 Å². The molecule has 3 aromatic carbocycles. The summed E-state index contributed by atoms with van der Waals surface area (Å²) in [7, 11) is 0. The number of halogens is 1. The maximum Gasteiger partial charge on any atom is 0.251 e. The maximum atomic E-state index is 12.9. The van der Waals surface area contributed by atoms with Crippen LogP contribution in [0.5, 0.6) is 11.5 Å². The summed E-state index contributed by atoms with van der Waals surface area (Å²) in [6.45, 7) is 0.388. The van der Waals surface area contributed by atoms with Crippen molar-refractivity contribution in [3.63, 3.8) is 0 Å². The predicted molar refractivity (Wildman–Crippen MR) is 106 cm³/mol.